The van der Waals surface area contributed by atoms with Gasteiger partial charge in [-0.1, -0.05) is 23.5 Å². The monoisotopic (exact) mass is 273 g/mol. The van der Waals surface area contributed by atoms with Gasteiger partial charge in [0.05, 0.1) is 10.2 Å². The summed E-state index contributed by atoms with van der Waals surface area (Å²) in [6, 6.07) is 9.22. The Morgan fingerprint density at radius 1 is 1.11 bits per heavy atom. The predicted molar refractivity (Wildman–Crippen MR) is 81.0 cm³/mol. The summed E-state index contributed by atoms with van der Waals surface area (Å²) in [5.41, 5.74) is 1.15. The maximum absolute atomic E-state index is 4.78. The number of likely N-dealkylation sites (tertiary alicyclic amines) is 1. The van der Waals surface area contributed by atoms with Crippen LogP contribution in [0.1, 0.15) is 19.3 Å². The second-order valence-electron chi connectivity index (χ2n) is 5.60. The number of hydrogen-bond donors (Lipinski definition) is 0. The fourth-order valence-electron chi connectivity index (χ4n) is 3.32. The van der Waals surface area contributed by atoms with Crippen LogP contribution in [0.15, 0.2) is 24.3 Å². The number of hydrogen-bond acceptors (Lipinski definition) is 4. The van der Waals surface area contributed by atoms with Crippen LogP contribution in [0.4, 0.5) is 5.13 Å². The van der Waals surface area contributed by atoms with Crippen LogP contribution in [-0.4, -0.2) is 42.1 Å². The maximum Gasteiger partial charge on any atom is 0.186 e. The van der Waals surface area contributed by atoms with E-state index in [0.717, 1.165) is 11.6 Å². The third-order valence-electron chi connectivity index (χ3n) is 4.37. The van der Waals surface area contributed by atoms with Crippen molar-refractivity contribution >= 4 is 26.7 Å². The highest BCUT2D eigenvalue weighted by Crippen LogP contribution is 2.32. The van der Waals surface area contributed by atoms with Crippen LogP contribution in [-0.2, 0) is 0 Å². The second kappa shape index (κ2) is 4.76. The van der Waals surface area contributed by atoms with E-state index in [1.165, 1.54) is 55.3 Å². The first kappa shape index (κ1) is 11.7. The highest BCUT2D eigenvalue weighted by atomic mass is 32.1. The molecular formula is C15H19N3S. The van der Waals surface area contributed by atoms with Crippen LogP contribution < -0.4 is 4.90 Å². The maximum atomic E-state index is 4.78. The van der Waals surface area contributed by atoms with Crippen molar-refractivity contribution in [3.05, 3.63) is 24.3 Å². The molecule has 19 heavy (non-hydrogen) atoms. The minimum Gasteiger partial charge on any atom is -0.346 e. The lowest BCUT2D eigenvalue weighted by Gasteiger charge is -2.23. The third-order valence-corrected chi connectivity index (χ3v) is 5.47. The van der Waals surface area contributed by atoms with Gasteiger partial charge in [0.15, 0.2) is 5.13 Å². The number of anilines is 1. The number of fused-ring (bicyclic) bond motifs is 1. The molecule has 2 fully saturated rings. The third kappa shape index (κ3) is 2.13. The molecule has 2 aromatic rings. The van der Waals surface area contributed by atoms with E-state index in [1.54, 1.807) is 0 Å². The first-order valence-corrected chi connectivity index (χ1v) is 8.06. The minimum atomic E-state index is 0.759. The van der Waals surface area contributed by atoms with Crippen LogP contribution in [0.3, 0.4) is 0 Å². The first-order valence-electron chi connectivity index (χ1n) is 7.25. The minimum absolute atomic E-state index is 0.759. The molecule has 0 aliphatic carbocycles. The first-order chi connectivity index (χ1) is 9.40. The van der Waals surface area contributed by atoms with Gasteiger partial charge < -0.3 is 4.90 Å². The van der Waals surface area contributed by atoms with Gasteiger partial charge in [0.1, 0.15) is 0 Å². The zero-order chi connectivity index (χ0) is 12.7. The second-order valence-corrected chi connectivity index (χ2v) is 6.60. The Labute approximate surface area is 117 Å². The average molecular weight is 273 g/mol. The summed E-state index contributed by atoms with van der Waals surface area (Å²) in [4.78, 5) is 9.94. The molecule has 4 heteroatoms. The zero-order valence-electron chi connectivity index (χ0n) is 11.1. The molecule has 0 radical (unpaired) electrons. The summed E-state index contributed by atoms with van der Waals surface area (Å²) in [6.07, 6.45) is 4.07. The van der Waals surface area contributed by atoms with Crippen LogP contribution in [0, 0.1) is 0 Å². The Bertz CT molecular complexity index is 541. The van der Waals surface area contributed by atoms with E-state index in [2.05, 4.69) is 34.1 Å². The molecule has 3 nitrogen and oxygen atoms in total. The fourth-order valence-corrected chi connectivity index (χ4v) is 4.32. The summed E-state index contributed by atoms with van der Waals surface area (Å²) < 4.78 is 1.31. The van der Waals surface area contributed by atoms with E-state index < -0.39 is 0 Å². The summed E-state index contributed by atoms with van der Waals surface area (Å²) in [5.74, 6) is 0. The molecule has 2 saturated heterocycles. The molecule has 0 bridgehead atoms. The summed E-state index contributed by atoms with van der Waals surface area (Å²) in [6.45, 7) is 4.94. The van der Waals surface area contributed by atoms with Crippen molar-refractivity contribution in [3.63, 3.8) is 0 Å². The van der Waals surface area contributed by atoms with Crippen LogP contribution in [0.2, 0.25) is 0 Å². The molecular weight excluding hydrogens is 254 g/mol. The molecule has 0 amide bonds. The molecule has 2 aliphatic heterocycles. The Morgan fingerprint density at radius 2 is 1.95 bits per heavy atom. The number of rotatable bonds is 2. The lowest BCUT2D eigenvalue weighted by atomic mass is 10.2. The smallest absolute Gasteiger partial charge is 0.186 e. The van der Waals surface area contributed by atoms with E-state index in [9.17, 15) is 0 Å². The van der Waals surface area contributed by atoms with Gasteiger partial charge >= 0.3 is 0 Å². The number of thiazole rings is 1. The van der Waals surface area contributed by atoms with E-state index in [0.29, 0.717) is 0 Å². The fraction of sp³-hybridized carbons (Fsp3) is 0.533. The number of benzene rings is 1. The predicted octanol–water partition coefficient (Wildman–Crippen LogP) is 2.97. The summed E-state index contributed by atoms with van der Waals surface area (Å²) in [5, 5.41) is 1.21. The zero-order valence-corrected chi connectivity index (χ0v) is 11.9. The SMILES string of the molecule is c1ccc2sc(N3CC[C@@H](N4CCCC4)C3)nc2c1. The van der Waals surface area contributed by atoms with Gasteiger partial charge in [-0.25, -0.2) is 4.98 Å². The highest BCUT2D eigenvalue weighted by molar-refractivity contribution is 7.22. The van der Waals surface area contributed by atoms with Crippen molar-refractivity contribution in [1.82, 2.24) is 9.88 Å². The van der Waals surface area contributed by atoms with Gasteiger partial charge in [-0.2, -0.15) is 0 Å². The van der Waals surface area contributed by atoms with Crippen LogP contribution in [0.25, 0.3) is 10.2 Å². The van der Waals surface area contributed by atoms with Crippen molar-refractivity contribution in [2.45, 2.75) is 25.3 Å². The van der Waals surface area contributed by atoms with E-state index in [-0.39, 0.29) is 0 Å². The molecule has 1 aromatic carbocycles. The Morgan fingerprint density at radius 3 is 2.79 bits per heavy atom. The normalized spacial score (nSPS) is 24.6. The van der Waals surface area contributed by atoms with Gasteiger partial charge in [0, 0.05) is 19.1 Å². The molecule has 0 N–H and O–H groups in total. The van der Waals surface area contributed by atoms with E-state index in [1.807, 2.05) is 11.3 Å². The Kier molecular flexibility index (Phi) is 2.93. The Hall–Kier alpha value is -1.13. The summed E-state index contributed by atoms with van der Waals surface area (Å²) in [7, 11) is 0. The largest absolute Gasteiger partial charge is 0.346 e. The molecule has 1 atom stereocenters. The quantitative estimate of drug-likeness (QED) is 0.838. The van der Waals surface area contributed by atoms with Crippen molar-refractivity contribution in [3.8, 4) is 0 Å². The lowest BCUT2D eigenvalue weighted by Crippen LogP contribution is -2.35. The average Bonchev–Trinajstić information content (AvgIpc) is 3.17. The van der Waals surface area contributed by atoms with Crippen molar-refractivity contribution in [2.75, 3.05) is 31.1 Å². The molecule has 0 unspecified atom stereocenters. The molecule has 100 valence electrons. The highest BCUT2D eigenvalue weighted by Gasteiger charge is 2.30. The van der Waals surface area contributed by atoms with E-state index in [4.69, 9.17) is 4.98 Å². The van der Waals surface area contributed by atoms with Crippen LogP contribution in [0.5, 0.6) is 0 Å². The number of para-hydroxylation sites is 1. The summed E-state index contributed by atoms with van der Waals surface area (Å²) >= 11 is 1.84. The lowest BCUT2D eigenvalue weighted by molar-refractivity contribution is 0.260. The van der Waals surface area contributed by atoms with Gasteiger partial charge in [0.2, 0.25) is 0 Å². The topological polar surface area (TPSA) is 19.4 Å². The molecule has 0 saturated carbocycles. The molecule has 2 aliphatic rings. The Balaban J connectivity index is 1.53. The molecule has 1 aromatic heterocycles. The van der Waals surface area contributed by atoms with E-state index >= 15 is 0 Å². The molecule has 0 spiro atoms. The van der Waals surface area contributed by atoms with Gasteiger partial charge in [-0.05, 0) is 44.5 Å². The van der Waals surface area contributed by atoms with Crippen molar-refractivity contribution in [2.24, 2.45) is 0 Å². The molecule has 4 rings (SSSR count). The van der Waals surface area contributed by atoms with Gasteiger partial charge in [-0.3, -0.25) is 4.90 Å². The van der Waals surface area contributed by atoms with Gasteiger partial charge in [0.25, 0.3) is 0 Å². The number of aromatic nitrogens is 1. The molecule has 3 heterocycles. The van der Waals surface area contributed by atoms with Crippen molar-refractivity contribution in [1.29, 1.82) is 0 Å². The standard InChI is InChI=1S/C15H19N3S/c1-2-6-14-13(5-1)16-15(19-14)18-10-7-12(11-18)17-8-3-4-9-17/h1-2,5-6,12H,3-4,7-11H2/t12-/m1/s1. The van der Waals surface area contributed by atoms with Gasteiger partial charge in [-0.15, -0.1) is 0 Å². The van der Waals surface area contributed by atoms with Crippen LogP contribution >= 0.6 is 11.3 Å². The number of nitrogens with zero attached hydrogens (tertiary/aromatic N) is 3. The van der Waals surface area contributed by atoms with Crippen molar-refractivity contribution < 1.29 is 0 Å².